The normalized spacial score (nSPS) is 22.0. The number of carbonyl (C=O) groups is 1. The van der Waals surface area contributed by atoms with E-state index in [-0.39, 0.29) is 31.4 Å². The fourth-order valence-corrected chi connectivity index (χ4v) is 7.68. The van der Waals surface area contributed by atoms with Crippen LogP contribution < -0.4 is 10.6 Å². The number of hydrogen-bond acceptors (Lipinski definition) is 7. The molecular formula is C29H32N6O4S. The van der Waals surface area contributed by atoms with Crippen LogP contribution in [0.4, 0.5) is 5.82 Å². The molecule has 40 heavy (non-hydrogen) atoms. The van der Waals surface area contributed by atoms with Crippen molar-refractivity contribution in [2.75, 3.05) is 31.1 Å². The number of amides is 1. The third kappa shape index (κ3) is 5.07. The molecule has 11 heteroatoms. The molecule has 1 saturated heterocycles. The largest absolute Gasteiger partial charge is 0.370 e. The first kappa shape index (κ1) is 26.4. The molecule has 0 radical (unpaired) electrons. The SMILES string of the molecule is NC(=O)CC(c1ccccc1)C1CC12CN(c1ncnc3[nH]ccc13)CCN2S(=O)(=O)OCCc1ccccc1. The molecule has 208 valence electrons. The number of H-pyrrole nitrogens is 1. The Bertz CT molecular complexity index is 1600. The number of carbonyl (C=O) groups excluding carboxylic acids is 1. The lowest BCUT2D eigenvalue weighted by Gasteiger charge is -2.42. The fourth-order valence-electron chi connectivity index (χ4n) is 6.24. The topological polar surface area (TPSA) is 135 Å². The molecule has 1 amide bonds. The highest BCUT2D eigenvalue weighted by Gasteiger charge is 2.66. The Kier molecular flexibility index (Phi) is 7.03. The molecule has 1 aliphatic carbocycles. The van der Waals surface area contributed by atoms with E-state index in [4.69, 9.17) is 9.92 Å². The van der Waals surface area contributed by atoms with Crippen LogP contribution in [-0.4, -0.2) is 65.4 Å². The summed E-state index contributed by atoms with van der Waals surface area (Å²) in [6.07, 6.45) is 4.53. The highest BCUT2D eigenvalue weighted by atomic mass is 32.2. The van der Waals surface area contributed by atoms with E-state index in [1.165, 1.54) is 10.6 Å². The van der Waals surface area contributed by atoms with Crippen LogP contribution in [0.1, 0.15) is 29.9 Å². The number of nitrogens with zero attached hydrogens (tertiary/aromatic N) is 4. The third-order valence-corrected chi connectivity index (χ3v) is 9.69. The number of rotatable bonds is 10. The van der Waals surface area contributed by atoms with Gasteiger partial charge in [-0.05, 0) is 41.9 Å². The van der Waals surface area contributed by atoms with Gasteiger partial charge in [-0.3, -0.25) is 8.98 Å². The monoisotopic (exact) mass is 560 g/mol. The lowest BCUT2D eigenvalue weighted by Crippen LogP contribution is -2.59. The minimum absolute atomic E-state index is 0.0482. The Hall–Kier alpha value is -3.80. The molecule has 3 N–H and O–H groups in total. The second kappa shape index (κ2) is 10.6. The second-order valence-corrected chi connectivity index (χ2v) is 12.1. The molecule has 3 atom stereocenters. The van der Waals surface area contributed by atoms with E-state index < -0.39 is 21.8 Å². The van der Waals surface area contributed by atoms with Crippen molar-refractivity contribution in [3.05, 3.63) is 90.4 Å². The van der Waals surface area contributed by atoms with E-state index in [1.807, 2.05) is 72.9 Å². The van der Waals surface area contributed by atoms with Crippen LogP contribution in [-0.2, 0) is 25.7 Å². The van der Waals surface area contributed by atoms with Crippen LogP contribution in [0, 0.1) is 5.92 Å². The summed E-state index contributed by atoms with van der Waals surface area (Å²) in [5.41, 5.74) is 7.63. The zero-order valence-electron chi connectivity index (χ0n) is 22.0. The van der Waals surface area contributed by atoms with Gasteiger partial charge < -0.3 is 15.6 Å². The molecule has 3 heterocycles. The molecule has 2 aliphatic rings. The first-order chi connectivity index (χ1) is 19.4. The summed E-state index contributed by atoms with van der Waals surface area (Å²) in [4.78, 5) is 26.3. The Morgan fingerprint density at radius 2 is 1.82 bits per heavy atom. The smallest absolute Gasteiger partial charge is 0.339 e. The summed E-state index contributed by atoms with van der Waals surface area (Å²) in [6.45, 7) is 1.14. The van der Waals surface area contributed by atoms with Gasteiger partial charge >= 0.3 is 10.3 Å². The number of aromatic amines is 1. The zero-order chi connectivity index (χ0) is 27.7. The number of fused-ring (bicyclic) bond motifs is 1. The quantitative estimate of drug-likeness (QED) is 0.304. The lowest BCUT2D eigenvalue weighted by atomic mass is 9.88. The first-order valence-electron chi connectivity index (χ1n) is 13.4. The molecule has 2 aromatic carbocycles. The molecule has 2 fully saturated rings. The van der Waals surface area contributed by atoms with Crippen molar-refractivity contribution in [1.82, 2.24) is 19.3 Å². The summed E-state index contributed by atoms with van der Waals surface area (Å²) in [7, 11) is -4.06. The second-order valence-electron chi connectivity index (χ2n) is 10.5. The van der Waals surface area contributed by atoms with Gasteiger partial charge in [0.1, 0.15) is 17.8 Å². The number of nitrogens with one attached hydrogen (secondary N) is 1. The molecule has 1 spiro atoms. The first-order valence-corrected chi connectivity index (χ1v) is 14.8. The van der Waals surface area contributed by atoms with Gasteiger partial charge in [-0.1, -0.05) is 60.7 Å². The highest BCUT2D eigenvalue weighted by molar-refractivity contribution is 7.84. The molecule has 2 aromatic heterocycles. The van der Waals surface area contributed by atoms with Gasteiger partial charge in [-0.25, -0.2) is 9.97 Å². The minimum Gasteiger partial charge on any atom is -0.370 e. The summed E-state index contributed by atoms with van der Waals surface area (Å²) in [5.74, 6) is -0.00834. The predicted molar refractivity (Wildman–Crippen MR) is 152 cm³/mol. The number of primary amides is 1. The van der Waals surface area contributed by atoms with E-state index in [9.17, 15) is 13.2 Å². The van der Waals surface area contributed by atoms with Gasteiger partial charge in [0.2, 0.25) is 5.91 Å². The van der Waals surface area contributed by atoms with E-state index >= 15 is 0 Å². The molecule has 1 aliphatic heterocycles. The van der Waals surface area contributed by atoms with Crippen molar-refractivity contribution in [2.45, 2.75) is 30.7 Å². The van der Waals surface area contributed by atoms with E-state index in [0.717, 1.165) is 28.0 Å². The van der Waals surface area contributed by atoms with Crippen molar-refractivity contribution in [2.24, 2.45) is 11.7 Å². The van der Waals surface area contributed by atoms with E-state index in [1.54, 1.807) is 0 Å². The maximum Gasteiger partial charge on any atom is 0.339 e. The van der Waals surface area contributed by atoms with Crippen LogP contribution in [0.15, 0.2) is 79.3 Å². The Balaban J connectivity index is 1.31. The summed E-state index contributed by atoms with van der Waals surface area (Å²) in [5, 5.41) is 0.877. The predicted octanol–water partition coefficient (Wildman–Crippen LogP) is 3.00. The lowest BCUT2D eigenvalue weighted by molar-refractivity contribution is -0.118. The number of aromatic nitrogens is 3. The van der Waals surface area contributed by atoms with Crippen LogP contribution in [0.3, 0.4) is 0 Å². The molecule has 4 aromatic rings. The van der Waals surface area contributed by atoms with Crippen molar-refractivity contribution < 1.29 is 17.4 Å². The number of anilines is 1. The molecule has 0 bridgehead atoms. The number of hydrogen-bond donors (Lipinski definition) is 2. The number of benzene rings is 2. The van der Waals surface area contributed by atoms with Crippen molar-refractivity contribution in [3.8, 4) is 0 Å². The molecular weight excluding hydrogens is 528 g/mol. The standard InChI is InChI=1S/C29H32N6O4S/c30-26(36)17-24(22-9-5-2-6-10-22)25-18-29(25)19-34(28-23-11-13-31-27(23)32-20-33-28)14-15-35(29)40(37,38)39-16-12-21-7-3-1-4-8-21/h1-11,13,20,24-25H,12,14-19H2,(H2,30,36)(H,31,32,33). The van der Waals surface area contributed by atoms with Crippen LogP contribution in [0.2, 0.25) is 0 Å². The maximum absolute atomic E-state index is 13.7. The Morgan fingerprint density at radius 3 is 2.58 bits per heavy atom. The average molecular weight is 561 g/mol. The number of piperazine rings is 1. The van der Waals surface area contributed by atoms with Gasteiger partial charge in [0, 0.05) is 32.3 Å². The van der Waals surface area contributed by atoms with Crippen LogP contribution >= 0.6 is 0 Å². The number of nitrogens with two attached hydrogens (primary N) is 1. The van der Waals surface area contributed by atoms with E-state index in [0.29, 0.717) is 25.9 Å². The van der Waals surface area contributed by atoms with Crippen LogP contribution in [0.5, 0.6) is 0 Å². The minimum atomic E-state index is -4.06. The van der Waals surface area contributed by atoms with Crippen molar-refractivity contribution in [1.29, 1.82) is 0 Å². The van der Waals surface area contributed by atoms with Gasteiger partial charge in [0.05, 0.1) is 17.5 Å². The highest BCUT2D eigenvalue weighted by Crippen LogP contribution is 2.59. The Morgan fingerprint density at radius 1 is 1.07 bits per heavy atom. The van der Waals surface area contributed by atoms with Gasteiger partial charge in [-0.2, -0.15) is 12.7 Å². The third-order valence-electron chi connectivity index (χ3n) is 8.14. The van der Waals surface area contributed by atoms with Gasteiger partial charge in [-0.15, -0.1) is 0 Å². The summed E-state index contributed by atoms with van der Waals surface area (Å²) < 4.78 is 34.6. The van der Waals surface area contributed by atoms with Gasteiger partial charge in [0.25, 0.3) is 0 Å². The van der Waals surface area contributed by atoms with Crippen LogP contribution in [0.25, 0.3) is 11.0 Å². The molecule has 1 saturated carbocycles. The van der Waals surface area contributed by atoms with Crippen molar-refractivity contribution >= 4 is 33.1 Å². The zero-order valence-corrected chi connectivity index (χ0v) is 22.8. The van der Waals surface area contributed by atoms with Crippen molar-refractivity contribution in [3.63, 3.8) is 0 Å². The van der Waals surface area contributed by atoms with Gasteiger partial charge in [0.15, 0.2) is 0 Å². The average Bonchev–Trinajstić information content (AvgIpc) is 3.41. The molecule has 6 rings (SSSR count). The molecule has 10 nitrogen and oxygen atoms in total. The summed E-state index contributed by atoms with van der Waals surface area (Å²) in [6, 6.07) is 21.3. The fraction of sp³-hybridized carbons (Fsp3) is 0.345. The molecule has 3 unspecified atom stereocenters. The Labute approximate surface area is 233 Å². The maximum atomic E-state index is 13.7. The van der Waals surface area contributed by atoms with E-state index in [2.05, 4.69) is 19.9 Å². The summed E-state index contributed by atoms with van der Waals surface area (Å²) >= 11 is 0.